The van der Waals surface area contributed by atoms with Crippen LogP contribution in [0.4, 0.5) is 0 Å². The van der Waals surface area contributed by atoms with Crippen LogP contribution in [-0.2, 0) is 13.0 Å². The Morgan fingerprint density at radius 1 is 1.12 bits per heavy atom. The first-order valence-electron chi connectivity index (χ1n) is 5.02. The van der Waals surface area contributed by atoms with E-state index in [1.54, 1.807) is 12.4 Å². The summed E-state index contributed by atoms with van der Waals surface area (Å²) in [6.45, 7) is 0.470. The van der Waals surface area contributed by atoms with Gasteiger partial charge in [-0.1, -0.05) is 23.7 Å². The third kappa shape index (κ3) is 2.78. The van der Waals surface area contributed by atoms with Crippen molar-refractivity contribution in [1.29, 1.82) is 0 Å². The summed E-state index contributed by atoms with van der Waals surface area (Å²) < 4.78 is 0. The van der Waals surface area contributed by atoms with Gasteiger partial charge < -0.3 is 5.73 Å². The molecule has 4 heteroatoms. The molecule has 0 unspecified atom stereocenters. The molecule has 1 aromatic carbocycles. The van der Waals surface area contributed by atoms with Crippen molar-refractivity contribution in [2.24, 2.45) is 5.73 Å². The lowest BCUT2D eigenvalue weighted by Gasteiger charge is -2.02. The van der Waals surface area contributed by atoms with E-state index >= 15 is 0 Å². The number of nitrogens with two attached hydrogens (primary N) is 1. The molecule has 0 bridgehead atoms. The molecule has 0 aliphatic rings. The SMILES string of the molecule is NCc1cnc(Cc2cccc(Cl)c2)nc1. The second-order valence-corrected chi connectivity index (χ2v) is 3.95. The molecule has 2 N–H and O–H groups in total. The van der Waals surface area contributed by atoms with Crippen LogP contribution < -0.4 is 5.73 Å². The van der Waals surface area contributed by atoms with Gasteiger partial charge in [0.25, 0.3) is 0 Å². The van der Waals surface area contributed by atoms with Gasteiger partial charge in [-0.05, 0) is 17.7 Å². The lowest BCUT2D eigenvalue weighted by atomic mass is 10.1. The molecule has 3 nitrogen and oxygen atoms in total. The highest BCUT2D eigenvalue weighted by atomic mass is 35.5. The normalized spacial score (nSPS) is 10.4. The van der Waals surface area contributed by atoms with Crippen molar-refractivity contribution >= 4 is 11.6 Å². The van der Waals surface area contributed by atoms with Crippen molar-refractivity contribution in [3.05, 3.63) is 58.6 Å². The Bertz CT molecular complexity index is 468. The second kappa shape index (κ2) is 5.05. The Balaban J connectivity index is 2.14. The van der Waals surface area contributed by atoms with E-state index in [0.29, 0.717) is 13.0 Å². The van der Waals surface area contributed by atoms with Gasteiger partial charge in [0.15, 0.2) is 0 Å². The number of aromatic nitrogens is 2. The number of halogens is 1. The van der Waals surface area contributed by atoms with E-state index in [9.17, 15) is 0 Å². The summed E-state index contributed by atoms with van der Waals surface area (Å²) >= 11 is 5.90. The first-order chi connectivity index (χ1) is 7.78. The Morgan fingerprint density at radius 2 is 1.88 bits per heavy atom. The van der Waals surface area contributed by atoms with Gasteiger partial charge in [-0.25, -0.2) is 9.97 Å². The minimum absolute atomic E-state index is 0.470. The number of benzene rings is 1. The van der Waals surface area contributed by atoms with Crippen molar-refractivity contribution in [2.75, 3.05) is 0 Å². The minimum atomic E-state index is 0.470. The standard InChI is InChI=1S/C12H12ClN3/c13-11-3-1-2-9(4-11)5-12-15-7-10(6-14)8-16-12/h1-4,7-8H,5-6,14H2. The molecule has 0 spiro atoms. The molecule has 82 valence electrons. The molecule has 2 rings (SSSR count). The van der Waals surface area contributed by atoms with Crippen molar-refractivity contribution in [1.82, 2.24) is 9.97 Å². The van der Waals surface area contributed by atoms with E-state index in [-0.39, 0.29) is 0 Å². The quantitative estimate of drug-likeness (QED) is 0.884. The van der Waals surface area contributed by atoms with Crippen LogP contribution in [0.2, 0.25) is 5.02 Å². The fourth-order valence-corrected chi connectivity index (χ4v) is 1.62. The van der Waals surface area contributed by atoms with E-state index < -0.39 is 0 Å². The van der Waals surface area contributed by atoms with Crippen LogP contribution in [0.3, 0.4) is 0 Å². The van der Waals surface area contributed by atoms with Gasteiger partial charge in [0, 0.05) is 35.9 Å². The number of hydrogen-bond donors (Lipinski definition) is 1. The molecule has 0 saturated carbocycles. The fraction of sp³-hybridized carbons (Fsp3) is 0.167. The largest absolute Gasteiger partial charge is 0.326 e. The lowest BCUT2D eigenvalue weighted by Crippen LogP contribution is -2.01. The van der Waals surface area contributed by atoms with Crippen LogP contribution in [0.15, 0.2) is 36.7 Å². The second-order valence-electron chi connectivity index (χ2n) is 3.52. The molecule has 0 atom stereocenters. The molecular weight excluding hydrogens is 222 g/mol. The van der Waals surface area contributed by atoms with Crippen molar-refractivity contribution < 1.29 is 0 Å². The van der Waals surface area contributed by atoms with Crippen LogP contribution in [0.25, 0.3) is 0 Å². The van der Waals surface area contributed by atoms with Gasteiger partial charge in [-0.15, -0.1) is 0 Å². The van der Waals surface area contributed by atoms with Gasteiger partial charge in [-0.2, -0.15) is 0 Å². The van der Waals surface area contributed by atoms with E-state index in [2.05, 4.69) is 9.97 Å². The van der Waals surface area contributed by atoms with Crippen LogP contribution in [-0.4, -0.2) is 9.97 Å². The van der Waals surface area contributed by atoms with Crippen molar-refractivity contribution in [3.63, 3.8) is 0 Å². The average molecular weight is 234 g/mol. The predicted molar refractivity (Wildman–Crippen MR) is 64.2 cm³/mol. The third-order valence-electron chi connectivity index (χ3n) is 2.25. The fourth-order valence-electron chi connectivity index (χ4n) is 1.41. The molecule has 1 heterocycles. The van der Waals surface area contributed by atoms with Gasteiger partial charge in [0.2, 0.25) is 0 Å². The highest BCUT2D eigenvalue weighted by Gasteiger charge is 2.00. The van der Waals surface area contributed by atoms with Crippen LogP contribution in [0, 0.1) is 0 Å². The molecule has 0 aliphatic carbocycles. The summed E-state index contributed by atoms with van der Waals surface area (Å²) in [4.78, 5) is 8.48. The van der Waals surface area contributed by atoms with E-state index in [1.165, 1.54) is 0 Å². The van der Waals surface area contributed by atoms with Gasteiger partial charge in [0.1, 0.15) is 5.82 Å². The maximum Gasteiger partial charge on any atom is 0.132 e. The van der Waals surface area contributed by atoms with E-state index in [0.717, 1.165) is 22.0 Å². The molecular formula is C12H12ClN3. The third-order valence-corrected chi connectivity index (χ3v) is 2.48. The summed E-state index contributed by atoms with van der Waals surface area (Å²) in [6.07, 6.45) is 4.20. The predicted octanol–water partition coefficient (Wildman–Crippen LogP) is 2.18. The number of rotatable bonds is 3. The molecule has 0 amide bonds. The van der Waals surface area contributed by atoms with Crippen molar-refractivity contribution in [3.8, 4) is 0 Å². The van der Waals surface area contributed by atoms with E-state index in [4.69, 9.17) is 17.3 Å². The highest BCUT2D eigenvalue weighted by Crippen LogP contribution is 2.12. The highest BCUT2D eigenvalue weighted by molar-refractivity contribution is 6.30. The van der Waals surface area contributed by atoms with Crippen LogP contribution >= 0.6 is 11.6 Å². The maximum absolute atomic E-state index is 5.90. The van der Waals surface area contributed by atoms with E-state index in [1.807, 2.05) is 24.3 Å². The summed E-state index contributed by atoms with van der Waals surface area (Å²) in [6, 6.07) is 7.70. The Kier molecular flexibility index (Phi) is 3.49. The summed E-state index contributed by atoms with van der Waals surface area (Å²) in [5.41, 5.74) is 7.52. The molecule has 0 aliphatic heterocycles. The maximum atomic E-state index is 5.90. The lowest BCUT2D eigenvalue weighted by molar-refractivity contribution is 0.925. The molecule has 1 aromatic heterocycles. The first-order valence-corrected chi connectivity index (χ1v) is 5.40. The molecule has 0 saturated heterocycles. The Labute approximate surface area is 99.3 Å². The minimum Gasteiger partial charge on any atom is -0.326 e. The molecule has 16 heavy (non-hydrogen) atoms. The van der Waals surface area contributed by atoms with Crippen LogP contribution in [0.5, 0.6) is 0 Å². The summed E-state index contributed by atoms with van der Waals surface area (Å²) in [7, 11) is 0. The zero-order valence-electron chi connectivity index (χ0n) is 8.73. The molecule has 0 fully saturated rings. The summed E-state index contributed by atoms with van der Waals surface area (Å²) in [5.74, 6) is 0.777. The topological polar surface area (TPSA) is 51.8 Å². The van der Waals surface area contributed by atoms with Crippen LogP contribution in [0.1, 0.15) is 17.0 Å². The first kappa shape index (κ1) is 11.0. The smallest absolute Gasteiger partial charge is 0.132 e. The molecule has 2 aromatic rings. The summed E-state index contributed by atoms with van der Waals surface area (Å²) in [5, 5.41) is 0.732. The van der Waals surface area contributed by atoms with Crippen molar-refractivity contribution in [2.45, 2.75) is 13.0 Å². The zero-order chi connectivity index (χ0) is 11.4. The van der Waals surface area contributed by atoms with Gasteiger partial charge in [0.05, 0.1) is 0 Å². The van der Waals surface area contributed by atoms with Gasteiger partial charge in [-0.3, -0.25) is 0 Å². The number of nitrogens with zero attached hydrogens (tertiary/aromatic N) is 2. The Hall–Kier alpha value is -1.45. The van der Waals surface area contributed by atoms with Gasteiger partial charge >= 0.3 is 0 Å². The monoisotopic (exact) mass is 233 g/mol. The number of hydrogen-bond acceptors (Lipinski definition) is 3. The Morgan fingerprint density at radius 3 is 2.50 bits per heavy atom. The zero-order valence-corrected chi connectivity index (χ0v) is 9.48. The average Bonchev–Trinajstić information content (AvgIpc) is 2.30. The molecule has 0 radical (unpaired) electrons.